The molecule has 0 aliphatic rings. The zero-order valence-electron chi connectivity index (χ0n) is 25.9. The largest absolute Gasteiger partial charge is 0.486 e. The summed E-state index contributed by atoms with van der Waals surface area (Å²) in [5.41, 5.74) is 12.7. The van der Waals surface area contributed by atoms with Crippen LogP contribution in [0.15, 0.2) is 114 Å². The Hall–Kier alpha value is -5.03. The quantitative estimate of drug-likeness (QED) is 0.167. The van der Waals surface area contributed by atoms with Crippen LogP contribution in [0.25, 0.3) is 66.6 Å². The van der Waals surface area contributed by atoms with Gasteiger partial charge in [0, 0.05) is 54.7 Å². The van der Waals surface area contributed by atoms with E-state index in [1.54, 1.807) is 0 Å². The normalized spacial score (nSPS) is 10.9. The minimum Gasteiger partial charge on any atom is -0.486 e. The summed E-state index contributed by atoms with van der Waals surface area (Å²) in [6.45, 7) is 8.14. The van der Waals surface area contributed by atoms with Gasteiger partial charge in [0.1, 0.15) is 0 Å². The van der Waals surface area contributed by atoms with Gasteiger partial charge < -0.3 is 14.4 Å². The van der Waals surface area contributed by atoms with Crippen LogP contribution in [0.1, 0.15) is 22.5 Å². The van der Waals surface area contributed by atoms with Gasteiger partial charge >= 0.3 is 0 Å². The first-order valence-electron chi connectivity index (χ1n) is 14.9. The van der Waals surface area contributed by atoms with Crippen molar-refractivity contribution in [3.63, 3.8) is 0 Å². The van der Waals surface area contributed by atoms with Crippen molar-refractivity contribution in [3.05, 3.63) is 144 Å². The number of aryl methyl sites for hydroxylation is 4. The van der Waals surface area contributed by atoms with E-state index in [9.17, 15) is 0 Å². The Kier molecular flexibility index (Phi) is 8.85. The van der Waals surface area contributed by atoms with Gasteiger partial charge in [-0.05, 0) is 97.7 Å². The van der Waals surface area contributed by atoms with Gasteiger partial charge in [0.2, 0.25) is 5.71 Å². The third kappa shape index (κ3) is 6.23. The van der Waals surface area contributed by atoms with Crippen molar-refractivity contribution >= 4 is 33.0 Å². The molecule has 3 aromatic carbocycles. The van der Waals surface area contributed by atoms with Gasteiger partial charge in [-0.15, -0.1) is 54.1 Å². The van der Waals surface area contributed by atoms with Crippen LogP contribution in [0, 0.1) is 39.8 Å². The Morgan fingerprint density at radius 3 is 2.33 bits per heavy atom. The predicted octanol–water partition coefficient (Wildman–Crippen LogP) is 9.84. The van der Waals surface area contributed by atoms with E-state index in [0.29, 0.717) is 5.71 Å². The number of benzene rings is 3. The molecule has 0 bridgehead atoms. The summed E-state index contributed by atoms with van der Waals surface area (Å²) < 4.78 is 6.17. The molecule has 0 spiro atoms. The summed E-state index contributed by atoms with van der Waals surface area (Å²) in [5, 5.41) is 3.16. The number of nitrogens with zero attached hydrogens (tertiary/aromatic N) is 4. The van der Waals surface area contributed by atoms with Gasteiger partial charge in [-0.3, -0.25) is 4.98 Å². The van der Waals surface area contributed by atoms with Crippen molar-refractivity contribution in [2.24, 2.45) is 0 Å². The van der Waals surface area contributed by atoms with Crippen LogP contribution in [-0.4, -0.2) is 19.9 Å². The molecular weight excluding hydrogens is 745 g/mol. The molecular formula is C40H30IrN4O-2. The topological polar surface area (TPSA) is 64.7 Å². The maximum atomic E-state index is 6.17. The average Bonchev–Trinajstić information content (AvgIpc) is 3.43. The van der Waals surface area contributed by atoms with Crippen molar-refractivity contribution in [3.8, 4) is 33.6 Å². The molecule has 227 valence electrons. The number of furan rings is 1. The Labute approximate surface area is 281 Å². The first-order valence-corrected chi connectivity index (χ1v) is 14.9. The van der Waals surface area contributed by atoms with Crippen molar-refractivity contribution < 1.29 is 24.5 Å². The van der Waals surface area contributed by atoms with Crippen LogP contribution in [0.5, 0.6) is 0 Å². The van der Waals surface area contributed by atoms with Crippen LogP contribution >= 0.6 is 0 Å². The van der Waals surface area contributed by atoms with Crippen molar-refractivity contribution in [1.29, 1.82) is 0 Å². The molecule has 5 aromatic heterocycles. The zero-order valence-corrected chi connectivity index (χ0v) is 28.3. The van der Waals surface area contributed by atoms with E-state index < -0.39 is 0 Å². The summed E-state index contributed by atoms with van der Waals surface area (Å²) in [5.74, 6) is 0. The molecule has 5 heterocycles. The molecule has 6 heteroatoms. The standard InChI is InChI=1S/C28H20N3O.C12H10N.Ir/c1-16-13-25-20(9-7-17(2)30-25)14-24(16)19-11-12-29-26(15-19)23-6-4-5-21-22-10-8-18(3)31-28(22)32-27(21)23;1-10-7-8-12(13-9-10)11-5-3-2-4-6-11;/h4-5,7-15H,1-3H3;2-5,7-9H,1H3;/q2*-1;. The van der Waals surface area contributed by atoms with Gasteiger partial charge in [0.25, 0.3) is 0 Å². The summed E-state index contributed by atoms with van der Waals surface area (Å²) >= 11 is 0. The minimum absolute atomic E-state index is 0. The first kappa shape index (κ1) is 31.0. The van der Waals surface area contributed by atoms with Crippen LogP contribution in [0.3, 0.4) is 0 Å². The zero-order chi connectivity index (χ0) is 30.9. The van der Waals surface area contributed by atoms with Crippen LogP contribution in [0.2, 0.25) is 0 Å². The number of pyridine rings is 4. The molecule has 8 aromatic rings. The number of hydrogen-bond donors (Lipinski definition) is 0. The summed E-state index contributed by atoms with van der Waals surface area (Å²) in [6.07, 6.45) is 3.72. The predicted molar refractivity (Wildman–Crippen MR) is 182 cm³/mol. The fraction of sp³-hybridized carbons (Fsp3) is 0.100. The Balaban J connectivity index is 0.000000223. The molecule has 0 saturated heterocycles. The van der Waals surface area contributed by atoms with Crippen LogP contribution in [-0.2, 0) is 20.1 Å². The smallest absolute Gasteiger partial charge is 0.216 e. The maximum Gasteiger partial charge on any atom is 0.216 e. The third-order valence-corrected chi connectivity index (χ3v) is 7.84. The fourth-order valence-corrected chi connectivity index (χ4v) is 5.51. The van der Waals surface area contributed by atoms with Crippen molar-refractivity contribution in [2.45, 2.75) is 27.7 Å². The summed E-state index contributed by atoms with van der Waals surface area (Å²) in [7, 11) is 0. The summed E-state index contributed by atoms with van der Waals surface area (Å²) in [4.78, 5) is 18.2. The molecule has 8 rings (SSSR count). The minimum atomic E-state index is 0. The van der Waals surface area contributed by atoms with E-state index in [0.717, 1.165) is 66.7 Å². The molecule has 46 heavy (non-hydrogen) atoms. The van der Waals surface area contributed by atoms with Gasteiger partial charge in [0.05, 0.1) is 11.1 Å². The second-order valence-electron chi connectivity index (χ2n) is 11.2. The number of rotatable bonds is 3. The number of aromatic nitrogens is 4. The molecule has 0 saturated carbocycles. The van der Waals surface area contributed by atoms with Gasteiger partial charge in [-0.2, -0.15) is 0 Å². The van der Waals surface area contributed by atoms with E-state index in [4.69, 9.17) is 4.42 Å². The Bertz CT molecular complexity index is 2310. The fourth-order valence-electron chi connectivity index (χ4n) is 5.51. The molecule has 0 amide bonds. The van der Waals surface area contributed by atoms with Gasteiger partial charge in [0.15, 0.2) is 0 Å². The molecule has 0 fully saturated rings. The van der Waals surface area contributed by atoms with E-state index >= 15 is 0 Å². The van der Waals surface area contributed by atoms with E-state index in [1.807, 2.05) is 93.8 Å². The molecule has 0 N–H and O–H groups in total. The summed E-state index contributed by atoms with van der Waals surface area (Å²) in [6, 6.07) is 39.1. The maximum absolute atomic E-state index is 6.17. The second kappa shape index (κ2) is 13.1. The van der Waals surface area contributed by atoms with Gasteiger partial charge in [-0.1, -0.05) is 35.2 Å². The SMILES string of the molecule is Cc1ccc(-c2[c-]cccc2)nc1.Cc1ccc2cc(-c3ccnc(-c4[c-]ccc5c4oc4nc(C)ccc45)c3)c(C)cc2n1.[Ir]. The second-order valence-corrected chi connectivity index (χ2v) is 11.2. The number of fused-ring (bicyclic) bond motifs is 4. The Morgan fingerprint density at radius 1 is 0.674 bits per heavy atom. The average molecular weight is 775 g/mol. The monoisotopic (exact) mass is 775 g/mol. The van der Waals surface area contributed by atoms with Gasteiger partial charge in [-0.25, -0.2) is 4.98 Å². The molecule has 1 radical (unpaired) electrons. The molecule has 0 aliphatic carbocycles. The molecule has 0 unspecified atom stereocenters. The van der Waals surface area contributed by atoms with E-state index in [1.165, 1.54) is 16.7 Å². The first-order chi connectivity index (χ1) is 21.9. The van der Waals surface area contributed by atoms with E-state index in [-0.39, 0.29) is 20.1 Å². The molecule has 0 atom stereocenters. The van der Waals surface area contributed by atoms with Crippen LogP contribution in [0.4, 0.5) is 0 Å². The Morgan fingerprint density at radius 2 is 1.52 bits per heavy atom. The number of hydrogen-bond acceptors (Lipinski definition) is 5. The van der Waals surface area contributed by atoms with Crippen molar-refractivity contribution in [2.75, 3.05) is 0 Å². The third-order valence-electron chi connectivity index (χ3n) is 7.84. The van der Waals surface area contributed by atoms with E-state index in [2.05, 4.69) is 75.4 Å². The molecule has 0 aliphatic heterocycles. The van der Waals surface area contributed by atoms with Crippen molar-refractivity contribution in [1.82, 2.24) is 19.9 Å². The van der Waals surface area contributed by atoms with Crippen LogP contribution < -0.4 is 0 Å². The molecule has 5 nitrogen and oxygen atoms in total.